The van der Waals surface area contributed by atoms with Crippen LogP contribution in [0.1, 0.15) is 18.5 Å². The Morgan fingerprint density at radius 2 is 1.75 bits per heavy atom. The molecule has 1 N–H and O–H groups in total. The maximum Gasteiger partial charge on any atom is 0.0486 e. The summed E-state index contributed by atoms with van der Waals surface area (Å²) >= 11 is 8.28. The Kier molecular flexibility index (Phi) is 5.16. The zero-order chi connectivity index (χ0) is 14.7. The van der Waals surface area contributed by atoms with Crippen molar-refractivity contribution in [2.75, 3.05) is 24.3 Å². The number of anilines is 2. The van der Waals surface area contributed by atoms with Crippen molar-refractivity contribution in [3.05, 3.63) is 56.6 Å². The van der Waals surface area contributed by atoms with Gasteiger partial charge in [-0.3, -0.25) is 0 Å². The van der Waals surface area contributed by atoms with Gasteiger partial charge in [0.15, 0.2) is 0 Å². The van der Waals surface area contributed by atoms with E-state index in [0.717, 1.165) is 14.3 Å². The van der Waals surface area contributed by atoms with Crippen LogP contribution in [0.15, 0.2) is 42.5 Å². The highest BCUT2D eigenvalue weighted by atomic mass is 127. The van der Waals surface area contributed by atoms with E-state index in [-0.39, 0.29) is 6.04 Å². The normalized spacial score (nSPS) is 12.1. The molecule has 2 rings (SSSR count). The number of nitrogens with zero attached hydrogens (tertiary/aromatic N) is 1. The summed E-state index contributed by atoms with van der Waals surface area (Å²) < 4.78 is 1.13. The zero-order valence-corrected chi connectivity index (χ0v) is 14.7. The predicted octanol–water partition coefficient (Wildman–Crippen LogP) is 5.18. The van der Waals surface area contributed by atoms with Crippen LogP contribution in [0, 0.1) is 3.57 Å². The fraction of sp³-hybridized carbons (Fsp3) is 0.250. The van der Waals surface area contributed by atoms with E-state index in [0.29, 0.717) is 0 Å². The monoisotopic (exact) mass is 400 g/mol. The molecule has 0 bridgehead atoms. The molecule has 0 heterocycles. The molecule has 1 unspecified atom stereocenters. The maximum atomic E-state index is 5.98. The summed E-state index contributed by atoms with van der Waals surface area (Å²) in [7, 11) is 4.10. The average molecular weight is 401 g/mol. The molecule has 106 valence electrons. The zero-order valence-electron chi connectivity index (χ0n) is 11.8. The lowest BCUT2D eigenvalue weighted by Crippen LogP contribution is -2.10. The van der Waals surface area contributed by atoms with Crippen LogP contribution in [-0.2, 0) is 0 Å². The molecule has 0 aromatic heterocycles. The highest BCUT2D eigenvalue weighted by Gasteiger charge is 2.08. The van der Waals surface area contributed by atoms with E-state index in [1.54, 1.807) is 0 Å². The summed E-state index contributed by atoms with van der Waals surface area (Å²) in [4.78, 5) is 2.10. The molecule has 0 fully saturated rings. The minimum atomic E-state index is 0.251. The van der Waals surface area contributed by atoms with E-state index in [1.165, 1.54) is 11.3 Å². The number of benzene rings is 2. The van der Waals surface area contributed by atoms with Crippen LogP contribution in [-0.4, -0.2) is 14.1 Å². The second kappa shape index (κ2) is 6.68. The summed E-state index contributed by atoms with van der Waals surface area (Å²) in [6.07, 6.45) is 0. The van der Waals surface area contributed by atoms with E-state index in [4.69, 9.17) is 11.6 Å². The van der Waals surface area contributed by atoms with Crippen LogP contribution < -0.4 is 10.2 Å². The van der Waals surface area contributed by atoms with Crippen LogP contribution >= 0.6 is 34.2 Å². The third-order valence-corrected chi connectivity index (χ3v) is 4.34. The molecule has 0 aliphatic heterocycles. The number of hydrogen-bond donors (Lipinski definition) is 1. The first-order valence-electron chi connectivity index (χ1n) is 6.46. The summed E-state index contributed by atoms with van der Waals surface area (Å²) in [5.41, 5.74) is 3.59. The molecular weight excluding hydrogens is 383 g/mol. The van der Waals surface area contributed by atoms with Gasteiger partial charge in [-0.05, 0) is 65.4 Å². The van der Waals surface area contributed by atoms with Gasteiger partial charge in [0.2, 0.25) is 0 Å². The van der Waals surface area contributed by atoms with Crippen molar-refractivity contribution in [1.29, 1.82) is 0 Å². The van der Waals surface area contributed by atoms with Crippen LogP contribution in [0.5, 0.6) is 0 Å². The molecule has 0 aliphatic carbocycles. The number of rotatable bonds is 4. The van der Waals surface area contributed by atoms with E-state index >= 15 is 0 Å². The van der Waals surface area contributed by atoms with E-state index in [2.05, 4.69) is 64.0 Å². The lowest BCUT2D eigenvalue weighted by atomic mass is 10.1. The fourth-order valence-corrected chi connectivity index (χ4v) is 3.01. The molecule has 2 aromatic rings. The topological polar surface area (TPSA) is 15.3 Å². The Morgan fingerprint density at radius 3 is 2.30 bits per heavy atom. The van der Waals surface area contributed by atoms with Gasteiger partial charge in [-0.1, -0.05) is 23.7 Å². The van der Waals surface area contributed by atoms with Gasteiger partial charge in [0.05, 0.1) is 0 Å². The summed E-state index contributed by atoms with van der Waals surface area (Å²) in [5, 5.41) is 4.29. The third kappa shape index (κ3) is 3.79. The predicted molar refractivity (Wildman–Crippen MR) is 97.0 cm³/mol. The van der Waals surface area contributed by atoms with Gasteiger partial charge < -0.3 is 10.2 Å². The first-order valence-corrected chi connectivity index (χ1v) is 7.92. The van der Waals surface area contributed by atoms with Crippen molar-refractivity contribution in [2.45, 2.75) is 13.0 Å². The molecule has 0 amide bonds. The molecule has 1 atom stereocenters. The molecule has 2 aromatic carbocycles. The minimum absolute atomic E-state index is 0.251. The van der Waals surface area contributed by atoms with Crippen LogP contribution in [0.25, 0.3) is 0 Å². The van der Waals surface area contributed by atoms with Crippen LogP contribution in [0.3, 0.4) is 0 Å². The molecular formula is C16H18ClIN2. The van der Waals surface area contributed by atoms with Crippen molar-refractivity contribution in [3.8, 4) is 0 Å². The van der Waals surface area contributed by atoms with Gasteiger partial charge in [0, 0.05) is 40.1 Å². The fourth-order valence-electron chi connectivity index (χ4n) is 1.98. The molecule has 0 spiro atoms. The SMILES string of the molecule is CC(Nc1ccc(Cl)cc1I)c1ccc(N(C)C)cc1. The second-order valence-electron chi connectivity index (χ2n) is 4.98. The lowest BCUT2D eigenvalue weighted by molar-refractivity contribution is 0.883. The van der Waals surface area contributed by atoms with Crippen molar-refractivity contribution in [3.63, 3.8) is 0 Å². The number of nitrogens with one attached hydrogen (secondary N) is 1. The van der Waals surface area contributed by atoms with Gasteiger partial charge >= 0.3 is 0 Å². The Morgan fingerprint density at radius 1 is 1.10 bits per heavy atom. The molecule has 4 heteroatoms. The highest BCUT2D eigenvalue weighted by molar-refractivity contribution is 14.1. The number of hydrogen-bond acceptors (Lipinski definition) is 2. The van der Waals surface area contributed by atoms with Crippen LogP contribution in [0.2, 0.25) is 5.02 Å². The first kappa shape index (κ1) is 15.4. The number of halogens is 2. The maximum absolute atomic E-state index is 5.98. The standard InChI is InChI=1S/C16H18ClIN2/c1-11(12-4-7-14(8-5-12)20(2)3)19-16-9-6-13(17)10-15(16)18/h4-11,19H,1-3H3. The highest BCUT2D eigenvalue weighted by Crippen LogP contribution is 2.27. The second-order valence-corrected chi connectivity index (χ2v) is 6.57. The van der Waals surface area contributed by atoms with Gasteiger partial charge in [0.25, 0.3) is 0 Å². The van der Waals surface area contributed by atoms with E-state index < -0.39 is 0 Å². The average Bonchev–Trinajstić information content (AvgIpc) is 2.42. The van der Waals surface area contributed by atoms with Crippen molar-refractivity contribution >= 4 is 45.6 Å². The van der Waals surface area contributed by atoms with Crippen molar-refractivity contribution in [2.24, 2.45) is 0 Å². The summed E-state index contributed by atoms with van der Waals surface area (Å²) in [5.74, 6) is 0. The first-order chi connectivity index (χ1) is 9.47. The smallest absolute Gasteiger partial charge is 0.0486 e. The molecule has 0 saturated heterocycles. The quantitative estimate of drug-likeness (QED) is 0.711. The Bertz CT molecular complexity index is 582. The third-order valence-electron chi connectivity index (χ3n) is 3.21. The Balaban J connectivity index is 2.13. The lowest BCUT2D eigenvalue weighted by Gasteiger charge is -2.19. The van der Waals surface area contributed by atoms with Gasteiger partial charge in [-0.15, -0.1) is 0 Å². The van der Waals surface area contributed by atoms with Crippen molar-refractivity contribution in [1.82, 2.24) is 0 Å². The summed E-state index contributed by atoms with van der Waals surface area (Å²) in [6, 6.07) is 14.8. The minimum Gasteiger partial charge on any atom is -0.378 e. The molecule has 0 radical (unpaired) electrons. The summed E-state index contributed by atoms with van der Waals surface area (Å²) in [6.45, 7) is 2.16. The van der Waals surface area contributed by atoms with E-state index in [9.17, 15) is 0 Å². The van der Waals surface area contributed by atoms with E-state index in [1.807, 2.05) is 32.3 Å². The Labute approximate surface area is 139 Å². The van der Waals surface area contributed by atoms with Crippen LogP contribution in [0.4, 0.5) is 11.4 Å². The van der Waals surface area contributed by atoms with Gasteiger partial charge in [-0.2, -0.15) is 0 Å². The largest absolute Gasteiger partial charge is 0.378 e. The molecule has 0 aliphatic rings. The molecule has 2 nitrogen and oxygen atoms in total. The molecule has 0 saturated carbocycles. The van der Waals surface area contributed by atoms with Gasteiger partial charge in [0.1, 0.15) is 0 Å². The Hall–Kier alpha value is -0.940. The van der Waals surface area contributed by atoms with Gasteiger partial charge in [-0.25, -0.2) is 0 Å². The molecule has 20 heavy (non-hydrogen) atoms. The van der Waals surface area contributed by atoms with Crippen molar-refractivity contribution < 1.29 is 0 Å².